The Balaban J connectivity index is 1.52. The first kappa shape index (κ1) is 15.8. The maximum Gasteiger partial charge on any atom is 0.244 e. The topological polar surface area (TPSA) is 41.4 Å². The molecule has 24 heavy (non-hydrogen) atoms. The van der Waals surface area contributed by atoms with Crippen molar-refractivity contribution >= 4 is 22.9 Å². The number of carbonyl (C=O) groups excluding carboxylic acids is 1. The van der Waals surface area contributed by atoms with E-state index in [4.69, 9.17) is 0 Å². The molecule has 0 bridgehead atoms. The lowest BCUT2D eigenvalue weighted by Crippen LogP contribution is -2.53. The van der Waals surface area contributed by atoms with Crippen molar-refractivity contribution in [3.63, 3.8) is 0 Å². The predicted molar refractivity (Wildman–Crippen MR) is 96.4 cm³/mol. The minimum atomic E-state index is 0.0117. The molecule has 0 saturated carbocycles. The second-order valence-corrected chi connectivity index (χ2v) is 7.84. The van der Waals surface area contributed by atoms with E-state index < -0.39 is 0 Å². The molecule has 6 heteroatoms. The Morgan fingerprint density at radius 1 is 1.38 bits per heavy atom. The van der Waals surface area contributed by atoms with Gasteiger partial charge in [0, 0.05) is 32.4 Å². The molecule has 0 radical (unpaired) electrons. The smallest absolute Gasteiger partial charge is 0.244 e. The summed E-state index contributed by atoms with van der Waals surface area (Å²) in [6.07, 6.45) is 6.89. The number of hydrogen-bond acceptors (Lipinski definition) is 4. The Hall–Kier alpha value is -1.66. The molecule has 2 aliphatic rings. The predicted octanol–water partition coefficient (Wildman–Crippen LogP) is 2.86. The van der Waals surface area contributed by atoms with Crippen molar-refractivity contribution in [2.45, 2.75) is 44.2 Å². The van der Waals surface area contributed by atoms with Crippen molar-refractivity contribution in [1.29, 1.82) is 0 Å². The van der Waals surface area contributed by atoms with Gasteiger partial charge < -0.3 is 4.90 Å². The summed E-state index contributed by atoms with van der Waals surface area (Å²) in [5, 5.41) is 8.63. The van der Waals surface area contributed by atoms with Crippen molar-refractivity contribution in [2.24, 2.45) is 7.05 Å². The highest BCUT2D eigenvalue weighted by atomic mass is 32.1. The molecule has 128 valence electrons. The lowest BCUT2D eigenvalue weighted by atomic mass is 10.00. The summed E-state index contributed by atoms with van der Waals surface area (Å²) in [7, 11) is 1.89. The molecule has 2 aliphatic heterocycles. The monoisotopic (exact) mass is 344 g/mol. The first-order valence-electron chi connectivity index (χ1n) is 8.71. The van der Waals surface area contributed by atoms with Crippen LogP contribution in [0, 0.1) is 0 Å². The third-order valence-electron chi connectivity index (χ3n) is 5.45. The Morgan fingerprint density at radius 2 is 2.25 bits per heavy atom. The lowest BCUT2D eigenvalue weighted by Gasteiger charge is -2.38. The molecule has 4 rings (SSSR count). The Kier molecular flexibility index (Phi) is 4.18. The minimum absolute atomic E-state index is 0.0117. The molecule has 4 heterocycles. The summed E-state index contributed by atoms with van der Waals surface area (Å²) < 4.78 is 1.76. The SMILES string of the molecule is C[C@@H]1C[C@H](c2ccsc2)CN1[C@@H]1CCCN(c2cnn(C)c2)C1=O. The molecule has 0 aromatic carbocycles. The van der Waals surface area contributed by atoms with Crippen LogP contribution in [0.2, 0.25) is 0 Å². The summed E-state index contributed by atoms with van der Waals surface area (Å²) in [6.45, 7) is 4.06. The molecule has 2 aromatic rings. The van der Waals surface area contributed by atoms with Crippen LogP contribution in [0.25, 0.3) is 0 Å². The number of anilines is 1. The van der Waals surface area contributed by atoms with E-state index in [0.29, 0.717) is 12.0 Å². The Morgan fingerprint density at radius 3 is 2.96 bits per heavy atom. The van der Waals surface area contributed by atoms with Crippen molar-refractivity contribution in [2.75, 3.05) is 18.0 Å². The average Bonchev–Trinajstić information content (AvgIpc) is 3.28. The molecular weight excluding hydrogens is 320 g/mol. The maximum atomic E-state index is 13.1. The minimum Gasteiger partial charge on any atom is -0.308 e. The van der Waals surface area contributed by atoms with Crippen molar-refractivity contribution in [3.8, 4) is 0 Å². The van der Waals surface area contributed by atoms with Gasteiger partial charge in [0.25, 0.3) is 0 Å². The Labute approximate surface area is 146 Å². The molecule has 0 N–H and O–H groups in total. The molecule has 0 unspecified atom stereocenters. The number of rotatable bonds is 3. The van der Waals surface area contributed by atoms with Gasteiger partial charge in [0.1, 0.15) is 0 Å². The number of nitrogens with zero attached hydrogens (tertiary/aromatic N) is 4. The highest BCUT2D eigenvalue weighted by Crippen LogP contribution is 2.36. The number of likely N-dealkylation sites (tertiary alicyclic amines) is 1. The van der Waals surface area contributed by atoms with E-state index in [-0.39, 0.29) is 11.9 Å². The van der Waals surface area contributed by atoms with E-state index in [0.717, 1.165) is 38.0 Å². The zero-order chi connectivity index (χ0) is 16.7. The third-order valence-corrected chi connectivity index (χ3v) is 6.15. The standard InChI is InChI=1S/C18H24N4OS/c1-13-8-15(14-5-7-24-12-14)10-22(13)17-4-3-6-21(18(17)23)16-9-19-20(2)11-16/h5,7,9,11-13,15,17H,3-4,6,8,10H2,1-2H3/t13-,15+,17-/m1/s1. The number of carbonyl (C=O) groups is 1. The van der Waals surface area contributed by atoms with E-state index in [1.54, 1.807) is 22.2 Å². The summed E-state index contributed by atoms with van der Waals surface area (Å²) in [4.78, 5) is 17.5. The second-order valence-electron chi connectivity index (χ2n) is 7.06. The van der Waals surface area contributed by atoms with Gasteiger partial charge in [-0.25, -0.2) is 0 Å². The molecule has 3 atom stereocenters. The first-order valence-corrected chi connectivity index (χ1v) is 9.65. The fraction of sp³-hybridized carbons (Fsp3) is 0.556. The van der Waals surface area contributed by atoms with Gasteiger partial charge in [-0.05, 0) is 54.5 Å². The zero-order valence-corrected chi connectivity index (χ0v) is 15.1. The molecule has 0 aliphatic carbocycles. The van der Waals surface area contributed by atoms with Crippen LogP contribution in [0.1, 0.15) is 37.7 Å². The van der Waals surface area contributed by atoms with Crippen LogP contribution < -0.4 is 4.90 Å². The second kappa shape index (κ2) is 6.33. The Bertz CT molecular complexity index is 710. The average molecular weight is 344 g/mol. The van der Waals surface area contributed by atoms with Gasteiger partial charge in [-0.15, -0.1) is 0 Å². The fourth-order valence-electron chi connectivity index (χ4n) is 4.21. The van der Waals surface area contributed by atoms with E-state index in [1.165, 1.54) is 5.56 Å². The van der Waals surface area contributed by atoms with Gasteiger partial charge in [-0.1, -0.05) is 0 Å². The fourth-order valence-corrected chi connectivity index (χ4v) is 4.95. The van der Waals surface area contributed by atoms with Crippen LogP contribution >= 0.6 is 11.3 Å². The number of aryl methyl sites for hydroxylation is 1. The largest absolute Gasteiger partial charge is 0.308 e. The van der Waals surface area contributed by atoms with Crippen molar-refractivity contribution in [3.05, 3.63) is 34.8 Å². The number of thiophene rings is 1. The van der Waals surface area contributed by atoms with Gasteiger partial charge >= 0.3 is 0 Å². The number of aromatic nitrogens is 2. The van der Waals surface area contributed by atoms with E-state index in [9.17, 15) is 4.79 Å². The summed E-state index contributed by atoms with van der Waals surface area (Å²) in [5.41, 5.74) is 2.36. The van der Waals surface area contributed by atoms with Crippen LogP contribution in [-0.4, -0.2) is 45.8 Å². The maximum absolute atomic E-state index is 13.1. The number of piperidine rings is 1. The first-order chi connectivity index (χ1) is 11.6. The highest BCUT2D eigenvalue weighted by Gasteiger charge is 2.41. The van der Waals surface area contributed by atoms with Crippen LogP contribution in [0.5, 0.6) is 0 Å². The van der Waals surface area contributed by atoms with Gasteiger partial charge in [0.2, 0.25) is 5.91 Å². The molecule has 1 amide bonds. The molecule has 5 nitrogen and oxygen atoms in total. The summed E-state index contributed by atoms with van der Waals surface area (Å²) in [6, 6.07) is 2.70. The van der Waals surface area contributed by atoms with Gasteiger partial charge in [-0.2, -0.15) is 16.4 Å². The van der Waals surface area contributed by atoms with E-state index in [1.807, 2.05) is 18.1 Å². The molecule has 2 aromatic heterocycles. The number of amides is 1. The van der Waals surface area contributed by atoms with Crippen molar-refractivity contribution < 1.29 is 4.79 Å². The van der Waals surface area contributed by atoms with E-state index in [2.05, 4.69) is 33.7 Å². The van der Waals surface area contributed by atoms with Crippen LogP contribution in [-0.2, 0) is 11.8 Å². The number of hydrogen-bond donors (Lipinski definition) is 0. The van der Waals surface area contributed by atoms with Gasteiger partial charge in [0.05, 0.1) is 17.9 Å². The van der Waals surface area contributed by atoms with Crippen LogP contribution in [0.3, 0.4) is 0 Å². The lowest BCUT2D eigenvalue weighted by molar-refractivity contribution is -0.125. The van der Waals surface area contributed by atoms with Crippen LogP contribution in [0.4, 0.5) is 5.69 Å². The quantitative estimate of drug-likeness (QED) is 0.860. The van der Waals surface area contributed by atoms with E-state index >= 15 is 0 Å². The van der Waals surface area contributed by atoms with Crippen LogP contribution in [0.15, 0.2) is 29.2 Å². The summed E-state index contributed by atoms with van der Waals surface area (Å²) >= 11 is 1.76. The summed E-state index contributed by atoms with van der Waals surface area (Å²) in [5.74, 6) is 0.805. The zero-order valence-electron chi connectivity index (χ0n) is 14.3. The normalized spacial score (nSPS) is 28.7. The third kappa shape index (κ3) is 2.78. The molecule has 2 saturated heterocycles. The molecular formula is C18H24N4OS. The van der Waals surface area contributed by atoms with Gasteiger partial charge in [0.15, 0.2) is 0 Å². The molecule has 0 spiro atoms. The highest BCUT2D eigenvalue weighted by molar-refractivity contribution is 7.08. The molecule has 2 fully saturated rings. The van der Waals surface area contributed by atoms with Gasteiger partial charge in [-0.3, -0.25) is 14.4 Å². The van der Waals surface area contributed by atoms with Crippen molar-refractivity contribution in [1.82, 2.24) is 14.7 Å².